The number of carbonyl (C=O) groups excluding carboxylic acids is 1. The van der Waals surface area contributed by atoms with Gasteiger partial charge in [-0.2, -0.15) is 0 Å². The van der Waals surface area contributed by atoms with Crippen molar-refractivity contribution in [1.82, 2.24) is 4.90 Å². The molecule has 1 saturated heterocycles. The standard InChI is InChI=1S/C16H22N2O6/c1-10-13(18(21)22)5-11(6-14(10)24-4)15(20)17-8-12(23-3)7-16(17,2)9-19/h5-6,12,19H,7-9H2,1-4H3. The Morgan fingerprint density at radius 1 is 1.50 bits per heavy atom. The highest BCUT2D eigenvalue weighted by atomic mass is 16.6. The van der Waals surface area contributed by atoms with Crippen molar-refractivity contribution in [2.45, 2.75) is 31.9 Å². The van der Waals surface area contributed by atoms with E-state index in [2.05, 4.69) is 0 Å². The predicted octanol–water partition coefficient (Wildman–Crippen LogP) is 1.52. The molecule has 0 aliphatic carbocycles. The Labute approximate surface area is 140 Å². The molecule has 1 aromatic carbocycles. The lowest BCUT2D eigenvalue weighted by Gasteiger charge is -2.33. The summed E-state index contributed by atoms with van der Waals surface area (Å²) in [5.74, 6) is -0.117. The van der Waals surface area contributed by atoms with Crippen LogP contribution in [0.4, 0.5) is 5.69 Å². The molecule has 0 bridgehead atoms. The fourth-order valence-electron chi connectivity index (χ4n) is 3.08. The van der Waals surface area contributed by atoms with Crippen molar-refractivity contribution in [2.75, 3.05) is 27.4 Å². The number of aliphatic hydroxyl groups is 1. The van der Waals surface area contributed by atoms with Gasteiger partial charge in [0, 0.05) is 26.1 Å². The maximum Gasteiger partial charge on any atom is 0.276 e. The summed E-state index contributed by atoms with van der Waals surface area (Å²) in [4.78, 5) is 25.1. The van der Waals surface area contributed by atoms with Gasteiger partial charge in [0.25, 0.3) is 11.6 Å². The van der Waals surface area contributed by atoms with Crippen molar-refractivity contribution in [3.8, 4) is 5.75 Å². The lowest BCUT2D eigenvalue weighted by Crippen LogP contribution is -2.47. The zero-order valence-corrected chi connectivity index (χ0v) is 14.2. The molecule has 0 aromatic heterocycles. The Morgan fingerprint density at radius 2 is 2.17 bits per heavy atom. The molecule has 2 rings (SSSR count). The molecule has 1 amide bonds. The van der Waals surface area contributed by atoms with Crippen molar-refractivity contribution in [2.24, 2.45) is 0 Å². The fraction of sp³-hybridized carbons (Fsp3) is 0.562. The Morgan fingerprint density at radius 3 is 2.67 bits per heavy atom. The van der Waals surface area contributed by atoms with Crippen molar-refractivity contribution in [3.05, 3.63) is 33.4 Å². The number of nitro groups is 1. The Bertz CT molecular complexity index is 662. The lowest BCUT2D eigenvalue weighted by atomic mass is 9.98. The van der Waals surface area contributed by atoms with Gasteiger partial charge in [-0.05, 0) is 19.9 Å². The number of benzene rings is 1. The largest absolute Gasteiger partial charge is 0.496 e. The molecule has 24 heavy (non-hydrogen) atoms. The fourth-order valence-corrected chi connectivity index (χ4v) is 3.08. The highest BCUT2D eigenvalue weighted by molar-refractivity contribution is 5.96. The molecule has 0 spiro atoms. The van der Waals surface area contributed by atoms with Gasteiger partial charge in [-0.3, -0.25) is 14.9 Å². The number of methoxy groups -OCH3 is 2. The van der Waals surface area contributed by atoms with Crippen LogP contribution in [0.5, 0.6) is 5.75 Å². The molecule has 2 unspecified atom stereocenters. The molecule has 8 heteroatoms. The number of hydrogen-bond donors (Lipinski definition) is 1. The van der Waals surface area contributed by atoms with Crippen LogP contribution in [0.25, 0.3) is 0 Å². The van der Waals surface area contributed by atoms with Crippen LogP contribution in [0.2, 0.25) is 0 Å². The number of aliphatic hydroxyl groups excluding tert-OH is 1. The van der Waals surface area contributed by atoms with E-state index in [1.165, 1.54) is 24.1 Å². The Kier molecular flexibility index (Phi) is 5.10. The van der Waals surface area contributed by atoms with E-state index in [0.29, 0.717) is 18.5 Å². The number of hydrogen-bond acceptors (Lipinski definition) is 6. The van der Waals surface area contributed by atoms with Gasteiger partial charge in [-0.1, -0.05) is 0 Å². The zero-order valence-electron chi connectivity index (χ0n) is 14.2. The van der Waals surface area contributed by atoms with Gasteiger partial charge >= 0.3 is 0 Å². The maximum atomic E-state index is 12.9. The lowest BCUT2D eigenvalue weighted by molar-refractivity contribution is -0.385. The minimum atomic E-state index is -0.773. The molecular weight excluding hydrogens is 316 g/mol. The molecule has 1 N–H and O–H groups in total. The Balaban J connectivity index is 2.46. The zero-order chi connectivity index (χ0) is 18.1. The van der Waals surface area contributed by atoms with Crippen LogP contribution in [0.3, 0.4) is 0 Å². The number of nitro benzene ring substituents is 1. The van der Waals surface area contributed by atoms with Crippen molar-refractivity contribution in [3.63, 3.8) is 0 Å². The molecule has 1 heterocycles. The molecule has 2 atom stereocenters. The molecule has 132 valence electrons. The summed E-state index contributed by atoms with van der Waals surface area (Å²) >= 11 is 0. The van der Waals surface area contributed by atoms with E-state index in [0.717, 1.165) is 0 Å². The average molecular weight is 338 g/mol. The highest BCUT2D eigenvalue weighted by Crippen LogP contribution is 2.34. The van der Waals surface area contributed by atoms with Gasteiger partial charge in [-0.15, -0.1) is 0 Å². The van der Waals surface area contributed by atoms with E-state index >= 15 is 0 Å². The average Bonchev–Trinajstić information content (AvgIpc) is 2.91. The quantitative estimate of drug-likeness (QED) is 0.645. The molecule has 1 fully saturated rings. The SMILES string of the molecule is COc1cc(C(=O)N2CC(OC)CC2(C)CO)cc([N+](=O)[O-])c1C. The number of nitrogens with zero attached hydrogens (tertiary/aromatic N) is 2. The van der Waals surface area contributed by atoms with Crippen LogP contribution >= 0.6 is 0 Å². The first-order valence-electron chi connectivity index (χ1n) is 7.56. The molecule has 1 aliphatic rings. The van der Waals surface area contributed by atoms with Gasteiger partial charge in [0.15, 0.2) is 0 Å². The molecular formula is C16H22N2O6. The first kappa shape index (κ1) is 18.2. The molecule has 1 aromatic rings. The molecule has 1 aliphatic heterocycles. The second kappa shape index (κ2) is 6.74. The number of ether oxygens (including phenoxy) is 2. The van der Waals surface area contributed by atoms with Crippen LogP contribution in [-0.4, -0.2) is 59.9 Å². The van der Waals surface area contributed by atoms with Crippen LogP contribution < -0.4 is 4.74 Å². The number of rotatable bonds is 5. The van der Waals surface area contributed by atoms with Gasteiger partial charge in [0.2, 0.25) is 0 Å². The third kappa shape index (κ3) is 3.07. The molecule has 0 radical (unpaired) electrons. The van der Waals surface area contributed by atoms with E-state index in [-0.39, 0.29) is 29.7 Å². The Hall–Kier alpha value is -2.19. The second-order valence-corrected chi connectivity index (χ2v) is 6.21. The first-order chi connectivity index (χ1) is 11.3. The first-order valence-corrected chi connectivity index (χ1v) is 7.56. The van der Waals surface area contributed by atoms with Crippen LogP contribution in [-0.2, 0) is 4.74 Å². The van der Waals surface area contributed by atoms with Crippen LogP contribution in [0.1, 0.15) is 29.3 Å². The summed E-state index contributed by atoms with van der Waals surface area (Å²) < 4.78 is 10.5. The minimum absolute atomic E-state index is 0.153. The topological polar surface area (TPSA) is 102 Å². The summed E-state index contributed by atoms with van der Waals surface area (Å²) in [6, 6.07) is 2.74. The number of likely N-dealkylation sites (tertiary alicyclic amines) is 1. The molecule has 8 nitrogen and oxygen atoms in total. The summed E-state index contributed by atoms with van der Waals surface area (Å²) in [6.07, 6.45) is 0.310. The monoisotopic (exact) mass is 338 g/mol. The summed E-state index contributed by atoms with van der Waals surface area (Å²) in [6.45, 7) is 3.43. The third-order valence-electron chi connectivity index (χ3n) is 4.62. The normalized spacial score (nSPS) is 23.4. The third-order valence-corrected chi connectivity index (χ3v) is 4.62. The van der Waals surface area contributed by atoms with E-state index in [1.54, 1.807) is 21.0 Å². The van der Waals surface area contributed by atoms with Gasteiger partial charge in [0.05, 0.1) is 41.4 Å². The van der Waals surface area contributed by atoms with Crippen molar-refractivity contribution in [1.29, 1.82) is 0 Å². The minimum Gasteiger partial charge on any atom is -0.496 e. The van der Waals surface area contributed by atoms with E-state index in [1.807, 2.05) is 0 Å². The van der Waals surface area contributed by atoms with E-state index in [9.17, 15) is 20.0 Å². The van der Waals surface area contributed by atoms with Crippen LogP contribution in [0.15, 0.2) is 12.1 Å². The summed E-state index contributed by atoms with van der Waals surface area (Å²) in [5.41, 5.74) is -0.434. The number of carbonyl (C=O) groups is 1. The predicted molar refractivity (Wildman–Crippen MR) is 86.3 cm³/mol. The van der Waals surface area contributed by atoms with E-state index < -0.39 is 16.4 Å². The summed E-state index contributed by atoms with van der Waals surface area (Å²) in [7, 11) is 2.95. The molecule has 0 saturated carbocycles. The van der Waals surface area contributed by atoms with Crippen molar-refractivity contribution < 1.29 is 24.3 Å². The maximum absolute atomic E-state index is 12.9. The van der Waals surface area contributed by atoms with Gasteiger partial charge < -0.3 is 19.5 Å². The van der Waals surface area contributed by atoms with Gasteiger partial charge in [-0.25, -0.2) is 0 Å². The van der Waals surface area contributed by atoms with Crippen molar-refractivity contribution >= 4 is 11.6 Å². The second-order valence-electron chi connectivity index (χ2n) is 6.21. The summed E-state index contributed by atoms with van der Waals surface area (Å²) in [5, 5.41) is 20.9. The van der Waals surface area contributed by atoms with Gasteiger partial charge in [0.1, 0.15) is 5.75 Å². The van der Waals surface area contributed by atoms with Crippen LogP contribution in [0, 0.1) is 17.0 Å². The highest BCUT2D eigenvalue weighted by Gasteiger charge is 2.45. The number of amides is 1. The van der Waals surface area contributed by atoms with E-state index in [4.69, 9.17) is 9.47 Å². The smallest absolute Gasteiger partial charge is 0.276 e.